The van der Waals surface area contributed by atoms with Crippen LogP contribution in [0.1, 0.15) is 19.7 Å². The van der Waals surface area contributed by atoms with E-state index in [1.807, 2.05) is 13.8 Å². The van der Waals surface area contributed by atoms with Gasteiger partial charge in [0.05, 0.1) is 0 Å². The molecular formula is C13H15F2N3O. The van der Waals surface area contributed by atoms with Crippen molar-refractivity contribution >= 4 is 0 Å². The quantitative estimate of drug-likeness (QED) is 0.904. The van der Waals surface area contributed by atoms with Crippen molar-refractivity contribution in [1.29, 1.82) is 0 Å². The minimum absolute atomic E-state index is 0.262. The summed E-state index contributed by atoms with van der Waals surface area (Å²) in [6.45, 7) is 4.80. The number of aromatic nitrogens is 2. The molecule has 4 nitrogen and oxygen atoms in total. The molecule has 0 radical (unpaired) electrons. The van der Waals surface area contributed by atoms with Crippen LogP contribution in [0.5, 0.6) is 0 Å². The van der Waals surface area contributed by atoms with Gasteiger partial charge in [0.1, 0.15) is 0 Å². The Balaban J connectivity index is 2.05. The van der Waals surface area contributed by atoms with Crippen LogP contribution in [0.25, 0.3) is 11.4 Å². The highest BCUT2D eigenvalue weighted by atomic mass is 19.2. The molecule has 0 saturated heterocycles. The zero-order valence-electron chi connectivity index (χ0n) is 10.8. The normalized spacial score (nSPS) is 11.2. The number of halogens is 2. The summed E-state index contributed by atoms with van der Waals surface area (Å²) in [5.74, 6) is -1.09. The average Bonchev–Trinajstić information content (AvgIpc) is 2.81. The van der Waals surface area contributed by atoms with Gasteiger partial charge in [0.15, 0.2) is 11.6 Å². The predicted molar refractivity (Wildman–Crippen MR) is 66.5 cm³/mol. The van der Waals surface area contributed by atoms with Gasteiger partial charge in [-0.3, -0.25) is 0 Å². The third-order valence-corrected chi connectivity index (χ3v) is 2.54. The van der Waals surface area contributed by atoms with Crippen molar-refractivity contribution in [2.24, 2.45) is 0 Å². The SMILES string of the molecule is CC(C)NCCc1nc(-c2ccc(F)c(F)c2)no1. The molecule has 2 rings (SSSR count). The molecule has 0 fully saturated rings. The van der Waals surface area contributed by atoms with Crippen molar-refractivity contribution in [3.05, 3.63) is 35.7 Å². The van der Waals surface area contributed by atoms with Gasteiger partial charge in [-0.2, -0.15) is 4.98 Å². The average molecular weight is 267 g/mol. The van der Waals surface area contributed by atoms with E-state index in [2.05, 4.69) is 15.5 Å². The van der Waals surface area contributed by atoms with Crippen molar-refractivity contribution in [1.82, 2.24) is 15.5 Å². The maximum absolute atomic E-state index is 13.1. The van der Waals surface area contributed by atoms with Gasteiger partial charge in [-0.15, -0.1) is 0 Å². The van der Waals surface area contributed by atoms with Crippen LogP contribution in [-0.2, 0) is 6.42 Å². The summed E-state index contributed by atoms with van der Waals surface area (Å²) >= 11 is 0. The molecule has 1 aromatic carbocycles. The van der Waals surface area contributed by atoms with Crippen molar-refractivity contribution in [2.75, 3.05) is 6.54 Å². The fraction of sp³-hybridized carbons (Fsp3) is 0.385. The van der Waals surface area contributed by atoms with Gasteiger partial charge in [-0.05, 0) is 18.2 Å². The molecule has 0 unspecified atom stereocenters. The molecule has 19 heavy (non-hydrogen) atoms. The molecule has 0 bridgehead atoms. The highest BCUT2D eigenvalue weighted by Crippen LogP contribution is 2.18. The van der Waals surface area contributed by atoms with Crippen LogP contribution >= 0.6 is 0 Å². The van der Waals surface area contributed by atoms with Crippen LogP contribution in [-0.4, -0.2) is 22.7 Å². The molecule has 0 aliphatic carbocycles. The van der Waals surface area contributed by atoms with Gasteiger partial charge >= 0.3 is 0 Å². The Hall–Kier alpha value is -1.82. The Morgan fingerprint density at radius 2 is 2.05 bits per heavy atom. The molecule has 102 valence electrons. The minimum atomic E-state index is -0.926. The molecule has 2 aromatic rings. The fourth-order valence-corrected chi connectivity index (χ4v) is 1.58. The Morgan fingerprint density at radius 3 is 2.74 bits per heavy atom. The third kappa shape index (κ3) is 3.57. The summed E-state index contributed by atoms with van der Waals surface area (Å²) in [5.41, 5.74) is 0.394. The largest absolute Gasteiger partial charge is 0.339 e. The number of hydrogen-bond donors (Lipinski definition) is 1. The molecule has 0 amide bonds. The van der Waals surface area contributed by atoms with Gasteiger partial charge in [0, 0.05) is 24.6 Å². The van der Waals surface area contributed by atoms with Crippen molar-refractivity contribution in [3.63, 3.8) is 0 Å². The molecule has 0 saturated carbocycles. The van der Waals surface area contributed by atoms with E-state index in [4.69, 9.17) is 4.52 Å². The zero-order chi connectivity index (χ0) is 13.8. The van der Waals surface area contributed by atoms with Crippen LogP contribution in [0.3, 0.4) is 0 Å². The second kappa shape index (κ2) is 5.88. The summed E-state index contributed by atoms with van der Waals surface area (Å²) < 4.78 is 31.0. The number of rotatable bonds is 5. The third-order valence-electron chi connectivity index (χ3n) is 2.54. The zero-order valence-corrected chi connectivity index (χ0v) is 10.8. The van der Waals surface area contributed by atoms with E-state index in [-0.39, 0.29) is 5.82 Å². The summed E-state index contributed by atoms with van der Waals surface area (Å²) in [5, 5.41) is 6.97. The Kier molecular flexibility index (Phi) is 4.21. The van der Waals surface area contributed by atoms with Crippen LogP contribution < -0.4 is 5.32 Å². The molecule has 1 aromatic heterocycles. The number of nitrogens with zero attached hydrogens (tertiary/aromatic N) is 2. The molecule has 1 heterocycles. The van der Waals surface area contributed by atoms with Crippen LogP contribution in [0.2, 0.25) is 0 Å². The molecular weight excluding hydrogens is 252 g/mol. The predicted octanol–water partition coefficient (Wildman–Crippen LogP) is 2.56. The second-order valence-corrected chi connectivity index (χ2v) is 4.50. The summed E-state index contributed by atoms with van der Waals surface area (Å²) in [7, 11) is 0. The number of benzene rings is 1. The van der Waals surface area contributed by atoms with Crippen molar-refractivity contribution in [3.8, 4) is 11.4 Å². The first kappa shape index (κ1) is 13.6. The lowest BCUT2D eigenvalue weighted by molar-refractivity contribution is 0.374. The van der Waals surface area contributed by atoms with Gasteiger partial charge in [0.2, 0.25) is 11.7 Å². The van der Waals surface area contributed by atoms with E-state index in [1.54, 1.807) is 0 Å². The van der Waals surface area contributed by atoms with E-state index < -0.39 is 11.6 Å². The Morgan fingerprint density at radius 1 is 1.26 bits per heavy atom. The lowest BCUT2D eigenvalue weighted by Gasteiger charge is -2.04. The van der Waals surface area contributed by atoms with Gasteiger partial charge < -0.3 is 9.84 Å². The van der Waals surface area contributed by atoms with Gasteiger partial charge in [-0.25, -0.2) is 8.78 Å². The maximum Gasteiger partial charge on any atom is 0.228 e. The Labute approximate surface area is 109 Å². The first-order valence-electron chi connectivity index (χ1n) is 6.07. The van der Waals surface area contributed by atoms with E-state index in [0.717, 1.165) is 18.7 Å². The van der Waals surface area contributed by atoms with E-state index >= 15 is 0 Å². The van der Waals surface area contributed by atoms with E-state index in [9.17, 15) is 8.78 Å². The van der Waals surface area contributed by atoms with E-state index in [1.165, 1.54) is 6.07 Å². The molecule has 6 heteroatoms. The summed E-state index contributed by atoms with van der Waals surface area (Å²) in [6, 6.07) is 3.89. The summed E-state index contributed by atoms with van der Waals surface area (Å²) in [6.07, 6.45) is 0.592. The molecule has 0 aliphatic rings. The van der Waals surface area contributed by atoms with Crippen LogP contribution in [0.15, 0.2) is 22.7 Å². The molecule has 1 N–H and O–H groups in total. The topological polar surface area (TPSA) is 51.0 Å². The number of nitrogens with one attached hydrogen (secondary N) is 1. The smallest absolute Gasteiger partial charge is 0.228 e. The highest BCUT2D eigenvalue weighted by molar-refractivity contribution is 5.54. The first-order valence-corrected chi connectivity index (χ1v) is 6.07. The number of hydrogen-bond acceptors (Lipinski definition) is 4. The maximum atomic E-state index is 13.1. The molecule has 0 atom stereocenters. The fourth-order valence-electron chi connectivity index (χ4n) is 1.58. The first-order chi connectivity index (χ1) is 9.06. The lowest BCUT2D eigenvalue weighted by atomic mass is 10.2. The van der Waals surface area contributed by atoms with Crippen molar-refractivity contribution < 1.29 is 13.3 Å². The highest BCUT2D eigenvalue weighted by Gasteiger charge is 2.11. The lowest BCUT2D eigenvalue weighted by Crippen LogP contribution is -2.25. The molecule has 0 spiro atoms. The molecule has 0 aliphatic heterocycles. The summed E-state index contributed by atoms with van der Waals surface area (Å²) in [4.78, 5) is 4.14. The van der Waals surface area contributed by atoms with Gasteiger partial charge in [0.25, 0.3) is 0 Å². The van der Waals surface area contributed by atoms with Gasteiger partial charge in [-0.1, -0.05) is 19.0 Å². The standard InChI is InChI=1S/C13H15F2N3O/c1-8(2)16-6-5-12-17-13(18-19-12)9-3-4-10(14)11(15)7-9/h3-4,7-8,16H,5-6H2,1-2H3. The monoisotopic (exact) mass is 267 g/mol. The van der Waals surface area contributed by atoms with Crippen LogP contribution in [0, 0.1) is 11.6 Å². The Bertz CT molecular complexity index is 555. The van der Waals surface area contributed by atoms with E-state index in [0.29, 0.717) is 23.9 Å². The second-order valence-electron chi connectivity index (χ2n) is 4.50. The minimum Gasteiger partial charge on any atom is -0.339 e. The van der Waals surface area contributed by atoms with Crippen molar-refractivity contribution in [2.45, 2.75) is 26.3 Å². The van der Waals surface area contributed by atoms with Crippen LogP contribution in [0.4, 0.5) is 8.78 Å².